The van der Waals surface area contributed by atoms with Crippen LogP contribution >= 0.6 is 22.7 Å². The van der Waals surface area contributed by atoms with Gasteiger partial charge in [0, 0.05) is 58.0 Å². The van der Waals surface area contributed by atoms with Crippen LogP contribution < -0.4 is 0 Å². The van der Waals surface area contributed by atoms with Gasteiger partial charge >= 0.3 is 0 Å². The Morgan fingerprint density at radius 2 is 1.31 bits per heavy atom. The zero-order valence-electron chi connectivity index (χ0n) is 33.3. The summed E-state index contributed by atoms with van der Waals surface area (Å²) in [5, 5.41) is 5.03. The van der Waals surface area contributed by atoms with Crippen LogP contribution in [0.4, 0.5) is 0 Å². The third-order valence-electron chi connectivity index (χ3n) is 14.4. The van der Waals surface area contributed by atoms with E-state index in [0.717, 1.165) is 28.3 Å². The predicted octanol–water partition coefficient (Wildman–Crippen LogP) is 15.7. The molecule has 0 radical (unpaired) electrons. The SMILES string of the molecule is CC1(C)c2ccc(-c3ccc4sc5c(-c6nc(C7C=CC=CC7)c7c(n6)sc6ccccc67)cccc5c4c3)cc2-c2cc3c(cc21)-c1ccccc1C31CCCCC1. The number of hydrogen-bond donors (Lipinski definition) is 0. The molecule has 59 heavy (non-hydrogen) atoms. The first kappa shape index (κ1) is 34.2. The standard InChI is InChI=1S/C55H42N2S2/c1-54(2)43-24-22-33(28-39(43)41-31-46-40(30-45(41)54)35-16-7-9-20-44(35)55(46)26-11-4-12-27-55)34-23-25-48-42(29-34)36-18-13-19-38(51(36)58-48)52-56-50(32-14-5-3-6-15-32)49-37-17-8-10-21-47(37)59-53(49)57-52/h3,5-10,13-14,16-25,28-32H,4,11-12,15,26-27H2,1-2H3. The van der Waals surface area contributed by atoms with Gasteiger partial charge in [-0.2, -0.15) is 0 Å². The maximum Gasteiger partial charge on any atom is 0.162 e. The summed E-state index contributed by atoms with van der Waals surface area (Å²) >= 11 is 3.65. The highest BCUT2D eigenvalue weighted by Gasteiger charge is 2.46. The van der Waals surface area contributed by atoms with Crippen LogP contribution in [0, 0.1) is 0 Å². The largest absolute Gasteiger partial charge is 0.232 e. The van der Waals surface area contributed by atoms with E-state index in [0.29, 0.717) is 0 Å². The highest BCUT2D eigenvalue weighted by Crippen LogP contribution is 2.60. The molecule has 6 aromatic carbocycles. The fraction of sp³-hybridized carbons (Fsp3) is 0.200. The molecule has 1 spiro atoms. The van der Waals surface area contributed by atoms with Gasteiger partial charge in [-0.1, -0.05) is 130 Å². The first-order valence-electron chi connectivity index (χ1n) is 21.4. The lowest BCUT2D eigenvalue weighted by molar-refractivity contribution is 0.353. The number of nitrogens with zero attached hydrogens (tertiary/aromatic N) is 2. The van der Waals surface area contributed by atoms with Crippen LogP contribution in [0.3, 0.4) is 0 Å². The van der Waals surface area contributed by atoms with Crippen molar-refractivity contribution in [3.05, 3.63) is 168 Å². The maximum absolute atomic E-state index is 5.44. The van der Waals surface area contributed by atoms with Gasteiger partial charge in [-0.15, -0.1) is 22.7 Å². The molecular weight excluding hydrogens is 753 g/mol. The summed E-state index contributed by atoms with van der Waals surface area (Å²) in [4.78, 5) is 11.8. The van der Waals surface area contributed by atoms with Crippen molar-refractivity contribution in [1.82, 2.24) is 9.97 Å². The molecular formula is C55H42N2S2. The van der Waals surface area contributed by atoms with Crippen molar-refractivity contribution >= 4 is 63.1 Å². The van der Waals surface area contributed by atoms with E-state index in [1.165, 1.54) is 112 Å². The molecule has 1 saturated carbocycles. The zero-order chi connectivity index (χ0) is 39.0. The van der Waals surface area contributed by atoms with Gasteiger partial charge in [-0.05, 0) is 117 Å². The Morgan fingerprint density at radius 3 is 2.20 bits per heavy atom. The Morgan fingerprint density at radius 1 is 0.559 bits per heavy atom. The molecule has 4 aliphatic carbocycles. The van der Waals surface area contributed by atoms with Crippen LogP contribution in [0.15, 0.2) is 140 Å². The number of thiophene rings is 2. The van der Waals surface area contributed by atoms with Crippen molar-refractivity contribution in [3.8, 4) is 44.8 Å². The van der Waals surface area contributed by atoms with Gasteiger partial charge in [0.05, 0.1) is 5.69 Å². The number of hydrogen-bond acceptors (Lipinski definition) is 4. The number of benzene rings is 6. The van der Waals surface area contributed by atoms with E-state index < -0.39 is 0 Å². The van der Waals surface area contributed by atoms with Gasteiger partial charge in [-0.25, -0.2) is 9.97 Å². The van der Waals surface area contributed by atoms with E-state index in [1.54, 1.807) is 22.5 Å². The van der Waals surface area contributed by atoms with E-state index in [9.17, 15) is 0 Å². The highest BCUT2D eigenvalue weighted by atomic mass is 32.1. The van der Waals surface area contributed by atoms with Crippen LogP contribution in [0.2, 0.25) is 0 Å². The van der Waals surface area contributed by atoms with Crippen molar-refractivity contribution in [2.75, 3.05) is 0 Å². The van der Waals surface area contributed by atoms with Gasteiger partial charge in [-0.3, -0.25) is 0 Å². The summed E-state index contributed by atoms with van der Waals surface area (Å²) in [6.45, 7) is 4.85. The molecule has 284 valence electrons. The zero-order valence-corrected chi connectivity index (χ0v) is 34.9. The van der Waals surface area contributed by atoms with E-state index in [2.05, 4.69) is 153 Å². The molecule has 0 N–H and O–H groups in total. The smallest absolute Gasteiger partial charge is 0.162 e. The molecule has 9 aromatic rings. The third kappa shape index (κ3) is 4.79. The molecule has 4 heteroatoms. The second kappa shape index (κ2) is 12.4. The molecule has 1 unspecified atom stereocenters. The molecule has 0 bridgehead atoms. The number of rotatable bonds is 3. The number of allylic oxidation sites excluding steroid dienone is 4. The van der Waals surface area contributed by atoms with Crippen molar-refractivity contribution < 1.29 is 0 Å². The summed E-state index contributed by atoms with van der Waals surface area (Å²) in [5.74, 6) is 1.05. The van der Waals surface area contributed by atoms with Crippen LogP contribution in [0.1, 0.15) is 86.2 Å². The minimum absolute atomic E-state index is 0.0653. The molecule has 0 saturated heterocycles. The third-order valence-corrected chi connectivity index (χ3v) is 16.7. The number of aromatic nitrogens is 2. The molecule has 3 aromatic heterocycles. The molecule has 13 rings (SSSR count). The lowest BCUT2D eigenvalue weighted by Crippen LogP contribution is -2.28. The molecule has 4 aliphatic rings. The lowest BCUT2D eigenvalue weighted by Gasteiger charge is -2.36. The quantitative estimate of drug-likeness (QED) is 0.178. The van der Waals surface area contributed by atoms with E-state index in [-0.39, 0.29) is 16.7 Å². The monoisotopic (exact) mass is 794 g/mol. The minimum atomic E-state index is -0.0653. The van der Waals surface area contributed by atoms with Gasteiger partial charge < -0.3 is 0 Å². The Labute approximate surface area is 352 Å². The maximum atomic E-state index is 5.44. The van der Waals surface area contributed by atoms with Gasteiger partial charge in [0.1, 0.15) is 4.83 Å². The lowest BCUT2D eigenvalue weighted by atomic mass is 9.67. The van der Waals surface area contributed by atoms with E-state index in [1.807, 2.05) is 11.3 Å². The fourth-order valence-corrected chi connectivity index (χ4v) is 13.8. The Kier molecular flexibility index (Phi) is 7.20. The predicted molar refractivity (Wildman–Crippen MR) is 251 cm³/mol. The average molecular weight is 795 g/mol. The highest BCUT2D eigenvalue weighted by molar-refractivity contribution is 7.26. The second-order valence-corrected chi connectivity index (χ2v) is 20.0. The summed E-state index contributed by atoms with van der Waals surface area (Å²) in [7, 11) is 0. The Bertz CT molecular complexity index is 3330. The second-order valence-electron chi connectivity index (χ2n) is 17.9. The molecule has 3 heterocycles. The topological polar surface area (TPSA) is 25.8 Å². The van der Waals surface area contributed by atoms with Crippen molar-refractivity contribution in [3.63, 3.8) is 0 Å². The Balaban J connectivity index is 0.937. The number of fused-ring (bicyclic) bond motifs is 14. The summed E-state index contributed by atoms with van der Waals surface area (Å²) < 4.78 is 3.81. The molecule has 0 amide bonds. The van der Waals surface area contributed by atoms with Crippen LogP contribution in [0.5, 0.6) is 0 Å². The van der Waals surface area contributed by atoms with Crippen LogP contribution in [-0.2, 0) is 10.8 Å². The van der Waals surface area contributed by atoms with Crippen molar-refractivity contribution in [1.29, 1.82) is 0 Å². The summed E-state index contributed by atoms with van der Waals surface area (Å²) in [6, 6.07) is 44.3. The van der Waals surface area contributed by atoms with E-state index >= 15 is 0 Å². The first-order valence-corrected chi connectivity index (χ1v) is 23.0. The van der Waals surface area contributed by atoms with Crippen molar-refractivity contribution in [2.45, 2.75) is 69.1 Å². The molecule has 1 fully saturated rings. The van der Waals surface area contributed by atoms with Gasteiger partial charge in [0.15, 0.2) is 5.82 Å². The molecule has 0 aliphatic heterocycles. The van der Waals surface area contributed by atoms with Crippen LogP contribution in [-0.4, -0.2) is 9.97 Å². The fourth-order valence-electron chi connectivity index (χ4n) is 11.5. The minimum Gasteiger partial charge on any atom is -0.232 e. The normalized spacial score (nSPS) is 18.2. The summed E-state index contributed by atoms with van der Waals surface area (Å²) in [5.41, 5.74) is 16.7. The van der Waals surface area contributed by atoms with Gasteiger partial charge in [0.25, 0.3) is 0 Å². The average Bonchev–Trinajstić information content (AvgIpc) is 3.99. The van der Waals surface area contributed by atoms with E-state index in [4.69, 9.17) is 9.97 Å². The molecule has 1 atom stereocenters. The first-order chi connectivity index (χ1) is 29.0. The van der Waals surface area contributed by atoms with Crippen molar-refractivity contribution in [2.24, 2.45) is 0 Å². The van der Waals surface area contributed by atoms with Gasteiger partial charge in [0.2, 0.25) is 0 Å². The van der Waals surface area contributed by atoms with Crippen LogP contribution in [0.25, 0.3) is 85.2 Å². The molecule has 2 nitrogen and oxygen atoms in total. The summed E-state index contributed by atoms with van der Waals surface area (Å²) in [6.07, 6.45) is 16.3. The Hall–Kier alpha value is -5.68.